The van der Waals surface area contributed by atoms with Gasteiger partial charge in [-0.05, 0) is 37.5 Å². The lowest BCUT2D eigenvalue weighted by molar-refractivity contribution is 0.102. The lowest BCUT2D eigenvalue weighted by Gasteiger charge is -2.13. The first-order chi connectivity index (χ1) is 11.5. The molecule has 1 aliphatic carbocycles. The van der Waals surface area contributed by atoms with Crippen LogP contribution in [0, 0.1) is 6.92 Å². The Kier molecular flexibility index (Phi) is 4.16. The summed E-state index contributed by atoms with van der Waals surface area (Å²) in [4.78, 5) is 24.8. The second-order valence-corrected chi connectivity index (χ2v) is 5.76. The van der Waals surface area contributed by atoms with E-state index >= 15 is 0 Å². The minimum Gasteiger partial charge on any atom is -0.469 e. The number of rotatable bonds is 4. The fourth-order valence-electron chi connectivity index (χ4n) is 2.43. The number of hydrogen-bond acceptors (Lipinski definition) is 5. The van der Waals surface area contributed by atoms with E-state index < -0.39 is 0 Å². The van der Waals surface area contributed by atoms with Crippen molar-refractivity contribution in [3.05, 3.63) is 53.6 Å². The van der Waals surface area contributed by atoms with Crippen LogP contribution in [0.25, 0.3) is 0 Å². The maximum absolute atomic E-state index is 12.2. The number of hydrogen-bond donors (Lipinski definition) is 2. The van der Waals surface area contributed by atoms with Gasteiger partial charge in [0.15, 0.2) is 0 Å². The Balaban J connectivity index is 1.79. The van der Waals surface area contributed by atoms with Gasteiger partial charge in [-0.25, -0.2) is 9.98 Å². The van der Waals surface area contributed by atoms with Gasteiger partial charge in [-0.15, -0.1) is 0 Å². The third-order valence-electron chi connectivity index (χ3n) is 3.93. The predicted octanol–water partition coefficient (Wildman–Crippen LogP) is 1.99. The van der Waals surface area contributed by atoms with Crippen molar-refractivity contribution in [3.63, 3.8) is 0 Å². The normalized spacial score (nSPS) is 15.7. The van der Waals surface area contributed by atoms with Crippen molar-refractivity contribution in [1.82, 2.24) is 9.97 Å². The zero-order valence-corrected chi connectivity index (χ0v) is 13.6. The first-order valence-corrected chi connectivity index (χ1v) is 7.62. The van der Waals surface area contributed by atoms with Crippen LogP contribution in [-0.2, 0) is 10.3 Å². The van der Waals surface area contributed by atoms with E-state index in [4.69, 9.17) is 10.5 Å². The number of aliphatic imine (C=N–C) groups is 1. The van der Waals surface area contributed by atoms with E-state index in [0.29, 0.717) is 5.69 Å². The number of nitrogens with two attached hydrogens (primary N) is 1. The Morgan fingerprint density at radius 3 is 2.75 bits per heavy atom. The quantitative estimate of drug-likeness (QED) is 0.661. The predicted molar refractivity (Wildman–Crippen MR) is 90.7 cm³/mol. The number of methoxy groups -OCH3 is 1. The van der Waals surface area contributed by atoms with Gasteiger partial charge in [-0.3, -0.25) is 9.78 Å². The minimum atomic E-state index is -0.343. The van der Waals surface area contributed by atoms with E-state index in [9.17, 15) is 4.79 Å². The van der Waals surface area contributed by atoms with Crippen molar-refractivity contribution >= 4 is 17.6 Å². The third-order valence-corrected chi connectivity index (χ3v) is 3.93. The number of carbonyl (C=O) groups is 1. The summed E-state index contributed by atoms with van der Waals surface area (Å²) in [6.45, 7) is 1.82. The number of aromatic nitrogens is 2. The molecule has 3 rings (SSSR count). The Bertz CT molecular complexity index is 782. The number of amides is 1. The van der Waals surface area contributed by atoms with E-state index in [1.54, 1.807) is 6.20 Å². The summed E-state index contributed by atoms with van der Waals surface area (Å²) in [5.74, 6) is -0.301. The Morgan fingerprint density at radius 1 is 1.33 bits per heavy atom. The Labute approximate surface area is 140 Å². The van der Waals surface area contributed by atoms with Gasteiger partial charge in [0.2, 0.25) is 0 Å². The van der Waals surface area contributed by atoms with E-state index in [1.807, 2.05) is 31.2 Å². The number of anilines is 1. The van der Waals surface area contributed by atoms with Gasteiger partial charge in [-0.1, -0.05) is 12.1 Å². The summed E-state index contributed by atoms with van der Waals surface area (Å²) in [5.41, 5.74) is 8.05. The second-order valence-electron chi connectivity index (χ2n) is 5.76. The van der Waals surface area contributed by atoms with Gasteiger partial charge < -0.3 is 15.8 Å². The Morgan fingerprint density at radius 2 is 2.12 bits per heavy atom. The monoisotopic (exact) mass is 325 g/mol. The number of nitrogens with one attached hydrogen (secondary N) is 1. The van der Waals surface area contributed by atoms with Crippen LogP contribution in [0.4, 0.5) is 5.69 Å². The standard InChI is InChI=1S/C17H19N5O2/c1-11-9-20-14(10-19-11)15(23)21-13-5-3-4-12(8-13)17(6-7-17)22-16(18)24-2/h3-5,8-10H,6-7H2,1-2H3,(H2,18,22)(H,21,23). The summed E-state index contributed by atoms with van der Waals surface area (Å²) >= 11 is 0. The highest BCUT2D eigenvalue weighted by molar-refractivity contribution is 6.02. The minimum absolute atomic E-state index is 0.164. The molecule has 2 aromatic rings. The fraction of sp³-hybridized carbons (Fsp3) is 0.294. The van der Waals surface area contributed by atoms with Crippen molar-refractivity contribution in [3.8, 4) is 0 Å². The molecule has 1 saturated carbocycles. The van der Waals surface area contributed by atoms with Crippen molar-refractivity contribution < 1.29 is 9.53 Å². The van der Waals surface area contributed by atoms with Crippen LogP contribution >= 0.6 is 0 Å². The number of nitrogens with zero attached hydrogens (tertiary/aromatic N) is 3. The van der Waals surface area contributed by atoms with Gasteiger partial charge in [0.25, 0.3) is 11.9 Å². The second kappa shape index (κ2) is 6.27. The lowest BCUT2D eigenvalue weighted by Crippen LogP contribution is -2.18. The van der Waals surface area contributed by atoms with Crippen LogP contribution in [0.5, 0.6) is 0 Å². The van der Waals surface area contributed by atoms with Gasteiger partial charge in [0, 0.05) is 11.9 Å². The number of aryl methyl sites for hydroxylation is 1. The summed E-state index contributed by atoms with van der Waals surface area (Å²) in [6.07, 6.45) is 4.82. The summed E-state index contributed by atoms with van der Waals surface area (Å²) < 4.78 is 4.95. The largest absolute Gasteiger partial charge is 0.469 e. The van der Waals surface area contributed by atoms with Crippen LogP contribution in [-0.4, -0.2) is 29.0 Å². The highest BCUT2D eigenvalue weighted by atomic mass is 16.5. The summed E-state index contributed by atoms with van der Waals surface area (Å²) in [7, 11) is 1.49. The zero-order valence-electron chi connectivity index (χ0n) is 13.6. The molecule has 0 unspecified atom stereocenters. The molecule has 0 bridgehead atoms. The molecule has 0 radical (unpaired) electrons. The first kappa shape index (κ1) is 15.9. The first-order valence-electron chi connectivity index (χ1n) is 7.62. The van der Waals surface area contributed by atoms with E-state index in [2.05, 4.69) is 20.3 Å². The van der Waals surface area contributed by atoms with Crippen molar-refractivity contribution in [1.29, 1.82) is 0 Å². The fourth-order valence-corrected chi connectivity index (χ4v) is 2.43. The van der Waals surface area contributed by atoms with Crippen LogP contribution in [0.2, 0.25) is 0 Å². The molecule has 3 N–H and O–H groups in total. The molecule has 7 nitrogen and oxygen atoms in total. The molecule has 1 aliphatic rings. The molecule has 124 valence electrons. The smallest absolute Gasteiger partial charge is 0.282 e. The third kappa shape index (κ3) is 3.34. The van der Waals surface area contributed by atoms with Crippen LogP contribution in [0.1, 0.15) is 34.6 Å². The lowest BCUT2D eigenvalue weighted by atomic mass is 10.0. The van der Waals surface area contributed by atoms with Crippen molar-refractivity contribution in [2.45, 2.75) is 25.3 Å². The molecule has 1 heterocycles. The molecule has 0 saturated heterocycles. The van der Waals surface area contributed by atoms with Gasteiger partial charge in [-0.2, -0.15) is 0 Å². The molecule has 0 spiro atoms. The number of benzene rings is 1. The molecular weight excluding hydrogens is 306 g/mol. The number of carbonyl (C=O) groups excluding carboxylic acids is 1. The van der Waals surface area contributed by atoms with E-state index in [-0.39, 0.29) is 23.2 Å². The molecule has 1 fully saturated rings. The van der Waals surface area contributed by atoms with Crippen LogP contribution < -0.4 is 11.1 Å². The van der Waals surface area contributed by atoms with Gasteiger partial charge >= 0.3 is 0 Å². The topological polar surface area (TPSA) is 102 Å². The number of ether oxygens (including phenoxy) is 1. The molecule has 1 amide bonds. The zero-order chi connectivity index (χ0) is 17.2. The van der Waals surface area contributed by atoms with Crippen LogP contribution in [0.15, 0.2) is 41.7 Å². The van der Waals surface area contributed by atoms with Crippen LogP contribution in [0.3, 0.4) is 0 Å². The summed E-state index contributed by atoms with van der Waals surface area (Å²) in [6, 6.07) is 7.74. The van der Waals surface area contributed by atoms with Crippen molar-refractivity contribution in [2.24, 2.45) is 10.7 Å². The van der Waals surface area contributed by atoms with Gasteiger partial charge in [0.05, 0.1) is 24.5 Å². The molecular formula is C17H19N5O2. The van der Waals surface area contributed by atoms with E-state index in [0.717, 1.165) is 24.1 Å². The molecule has 0 aliphatic heterocycles. The molecule has 0 atom stereocenters. The molecule has 1 aromatic heterocycles. The average molecular weight is 325 g/mol. The maximum Gasteiger partial charge on any atom is 0.282 e. The Hall–Kier alpha value is -2.96. The SMILES string of the molecule is COC(N)=NC1(c2cccc(NC(=O)c3cnc(C)cn3)c2)CC1. The molecule has 24 heavy (non-hydrogen) atoms. The maximum atomic E-state index is 12.2. The average Bonchev–Trinajstić information content (AvgIpc) is 3.36. The van der Waals surface area contributed by atoms with Gasteiger partial charge in [0.1, 0.15) is 5.69 Å². The summed E-state index contributed by atoms with van der Waals surface area (Å²) in [5, 5.41) is 2.83. The molecule has 1 aromatic carbocycles. The molecule has 7 heteroatoms. The van der Waals surface area contributed by atoms with Crippen molar-refractivity contribution in [2.75, 3.05) is 12.4 Å². The number of amidine groups is 1. The van der Waals surface area contributed by atoms with E-state index in [1.165, 1.54) is 13.3 Å². The highest BCUT2D eigenvalue weighted by Gasteiger charge is 2.45. The highest BCUT2D eigenvalue weighted by Crippen LogP contribution is 2.50.